The first-order valence-corrected chi connectivity index (χ1v) is 6.04. The van der Waals surface area contributed by atoms with Crippen molar-refractivity contribution in [2.75, 3.05) is 18.8 Å². The molecule has 0 aliphatic rings. The van der Waals surface area contributed by atoms with Crippen molar-refractivity contribution >= 4 is 17.5 Å². The highest BCUT2D eigenvalue weighted by molar-refractivity contribution is 5.95. The molecule has 5 nitrogen and oxygen atoms in total. The molecule has 0 aromatic heterocycles. The first-order chi connectivity index (χ1) is 8.63. The number of hydrogen-bond donors (Lipinski definition) is 3. The van der Waals surface area contributed by atoms with Crippen molar-refractivity contribution in [1.82, 2.24) is 10.6 Å². The maximum absolute atomic E-state index is 11.7. The zero-order valence-corrected chi connectivity index (χ0v) is 10.5. The van der Waals surface area contributed by atoms with Crippen LogP contribution in [0.2, 0.25) is 0 Å². The Morgan fingerprint density at radius 3 is 2.67 bits per heavy atom. The molecular weight excluding hydrogens is 230 g/mol. The van der Waals surface area contributed by atoms with Gasteiger partial charge in [0.15, 0.2) is 0 Å². The summed E-state index contributed by atoms with van der Waals surface area (Å²) in [7, 11) is 0. The van der Waals surface area contributed by atoms with Crippen molar-refractivity contribution in [3.63, 3.8) is 0 Å². The number of hydrogen-bond acceptors (Lipinski definition) is 3. The van der Waals surface area contributed by atoms with Crippen LogP contribution in [0.1, 0.15) is 30.1 Å². The Hall–Kier alpha value is -2.04. The van der Waals surface area contributed by atoms with Crippen LogP contribution < -0.4 is 16.4 Å². The van der Waals surface area contributed by atoms with Gasteiger partial charge in [0.1, 0.15) is 0 Å². The summed E-state index contributed by atoms with van der Waals surface area (Å²) in [5.74, 6) is -0.268. The molecule has 0 saturated carbocycles. The van der Waals surface area contributed by atoms with E-state index in [0.717, 1.165) is 6.42 Å². The predicted octanol–water partition coefficient (Wildman–Crippen LogP) is 0.915. The highest BCUT2D eigenvalue weighted by Crippen LogP contribution is 2.05. The highest BCUT2D eigenvalue weighted by atomic mass is 16.2. The van der Waals surface area contributed by atoms with Gasteiger partial charge in [-0.15, -0.1) is 0 Å². The number of amides is 2. The lowest BCUT2D eigenvalue weighted by molar-refractivity contribution is -0.120. The van der Waals surface area contributed by atoms with Crippen molar-refractivity contribution in [3.05, 3.63) is 29.8 Å². The second-order valence-corrected chi connectivity index (χ2v) is 3.98. The second-order valence-electron chi connectivity index (χ2n) is 3.98. The number of rotatable bonds is 6. The summed E-state index contributed by atoms with van der Waals surface area (Å²) in [6.07, 6.45) is 1.19. The monoisotopic (exact) mass is 249 g/mol. The van der Waals surface area contributed by atoms with Crippen molar-refractivity contribution in [2.24, 2.45) is 0 Å². The van der Waals surface area contributed by atoms with Gasteiger partial charge in [0.2, 0.25) is 5.91 Å². The molecule has 0 saturated heterocycles. The lowest BCUT2D eigenvalue weighted by Gasteiger charge is -2.06. The third kappa shape index (κ3) is 4.86. The molecule has 0 unspecified atom stereocenters. The smallest absolute Gasteiger partial charge is 0.251 e. The third-order valence-corrected chi connectivity index (χ3v) is 2.36. The fraction of sp³-hybridized carbons (Fsp3) is 0.385. The molecule has 1 aromatic rings. The zero-order chi connectivity index (χ0) is 13.4. The van der Waals surface area contributed by atoms with E-state index < -0.39 is 0 Å². The molecule has 0 spiro atoms. The van der Waals surface area contributed by atoms with Crippen LogP contribution in [0.4, 0.5) is 5.69 Å². The standard InChI is InChI=1S/C13H19N3O2/c1-2-7-15-12(17)6-8-16-13(18)10-4-3-5-11(14)9-10/h3-5,9H,2,6-8,14H2,1H3,(H,15,17)(H,16,18). The number of nitrogen functional groups attached to an aromatic ring is 1. The largest absolute Gasteiger partial charge is 0.399 e. The summed E-state index contributed by atoms with van der Waals surface area (Å²) < 4.78 is 0. The van der Waals surface area contributed by atoms with Crippen LogP contribution in [-0.2, 0) is 4.79 Å². The Labute approximate surface area is 107 Å². The van der Waals surface area contributed by atoms with Crippen LogP contribution in [0.5, 0.6) is 0 Å². The molecule has 0 aliphatic heterocycles. The molecule has 0 radical (unpaired) electrons. The fourth-order valence-electron chi connectivity index (χ4n) is 1.42. The fourth-order valence-corrected chi connectivity index (χ4v) is 1.42. The van der Waals surface area contributed by atoms with Crippen LogP contribution in [0.15, 0.2) is 24.3 Å². The Morgan fingerprint density at radius 1 is 1.22 bits per heavy atom. The summed E-state index contributed by atoms with van der Waals surface area (Å²) in [4.78, 5) is 23.0. The van der Waals surface area contributed by atoms with Gasteiger partial charge in [0.25, 0.3) is 5.91 Å². The number of benzene rings is 1. The molecule has 0 aliphatic carbocycles. The van der Waals surface area contributed by atoms with Gasteiger partial charge in [-0.25, -0.2) is 0 Å². The number of nitrogens with one attached hydrogen (secondary N) is 2. The van der Waals surface area contributed by atoms with E-state index in [1.165, 1.54) is 0 Å². The second kappa shape index (κ2) is 7.32. The lowest BCUT2D eigenvalue weighted by atomic mass is 10.2. The van der Waals surface area contributed by atoms with E-state index >= 15 is 0 Å². The summed E-state index contributed by atoms with van der Waals surface area (Å²) in [6.45, 7) is 2.98. The maximum Gasteiger partial charge on any atom is 0.251 e. The summed E-state index contributed by atoms with van der Waals surface area (Å²) in [5.41, 5.74) is 6.63. The number of carbonyl (C=O) groups excluding carboxylic acids is 2. The molecule has 18 heavy (non-hydrogen) atoms. The van der Waals surface area contributed by atoms with Gasteiger partial charge in [-0.1, -0.05) is 13.0 Å². The van der Waals surface area contributed by atoms with Crippen LogP contribution in [0.3, 0.4) is 0 Å². The zero-order valence-electron chi connectivity index (χ0n) is 10.5. The molecule has 1 rings (SSSR count). The van der Waals surface area contributed by atoms with Crippen molar-refractivity contribution in [3.8, 4) is 0 Å². The molecule has 0 atom stereocenters. The van der Waals surface area contributed by atoms with Crippen molar-refractivity contribution in [1.29, 1.82) is 0 Å². The average Bonchev–Trinajstić information content (AvgIpc) is 2.36. The summed E-state index contributed by atoms with van der Waals surface area (Å²) in [5, 5.41) is 5.42. The van der Waals surface area contributed by atoms with Crippen LogP contribution in [-0.4, -0.2) is 24.9 Å². The Bertz CT molecular complexity index is 418. The predicted molar refractivity (Wildman–Crippen MR) is 71.1 cm³/mol. The van der Waals surface area contributed by atoms with E-state index in [9.17, 15) is 9.59 Å². The number of carbonyl (C=O) groups is 2. The molecule has 1 aromatic carbocycles. The van der Waals surface area contributed by atoms with Crippen LogP contribution in [0, 0.1) is 0 Å². The number of anilines is 1. The summed E-state index contributed by atoms with van der Waals surface area (Å²) in [6, 6.07) is 6.72. The quantitative estimate of drug-likeness (QED) is 0.655. The summed E-state index contributed by atoms with van der Waals surface area (Å²) >= 11 is 0. The van der Waals surface area contributed by atoms with Crippen LogP contribution in [0.25, 0.3) is 0 Å². The van der Waals surface area contributed by atoms with Crippen LogP contribution >= 0.6 is 0 Å². The molecule has 0 heterocycles. The Balaban J connectivity index is 2.31. The number of nitrogens with two attached hydrogens (primary N) is 1. The highest BCUT2D eigenvalue weighted by Gasteiger charge is 2.06. The SMILES string of the molecule is CCCNC(=O)CCNC(=O)c1cccc(N)c1. The first-order valence-electron chi connectivity index (χ1n) is 6.04. The van der Waals surface area contributed by atoms with Crippen molar-refractivity contribution < 1.29 is 9.59 Å². The van der Waals surface area contributed by atoms with Gasteiger partial charge in [0, 0.05) is 30.8 Å². The minimum absolute atomic E-state index is 0.0512. The van der Waals surface area contributed by atoms with Gasteiger partial charge in [-0.3, -0.25) is 9.59 Å². The Morgan fingerprint density at radius 2 is 2.00 bits per heavy atom. The molecule has 98 valence electrons. The molecular formula is C13H19N3O2. The topological polar surface area (TPSA) is 84.2 Å². The van der Waals surface area contributed by atoms with Gasteiger partial charge < -0.3 is 16.4 Å². The molecule has 0 bridgehead atoms. The Kier molecular flexibility index (Phi) is 5.70. The molecule has 0 fully saturated rings. The maximum atomic E-state index is 11.7. The van der Waals surface area contributed by atoms with E-state index in [-0.39, 0.29) is 18.2 Å². The average molecular weight is 249 g/mol. The van der Waals surface area contributed by atoms with E-state index in [4.69, 9.17) is 5.73 Å². The molecule has 4 N–H and O–H groups in total. The third-order valence-electron chi connectivity index (χ3n) is 2.36. The van der Waals surface area contributed by atoms with E-state index in [0.29, 0.717) is 24.3 Å². The van der Waals surface area contributed by atoms with Gasteiger partial charge in [0.05, 0.1) is 0 Å². The minimum Gasteiger partial charge on any atom is -0.399 e. The normalized spacial score (nSPS) is 9.83. The van der Waals surface area contributed by atoms with E-state index in [2.05, 4.69) is 10.6 Å². The minimum atomic E-state index is -0.217. The molecule has 5 heteroatoms. The van der Waals surface area contributed by atoms with Gasteiger partial charge >= 0.3 is 0 Å². The first kappa shape index (κ1) is 14.0. The van der Waals surface area contributed by atoms with Crippen molar-refractivity contribution in [2.45, 2.75) is 19.8 Å². The lowest BCUT2D eigenvalue weighted by Crippen LogP contribution is -2.31. The van der Waals surface area contributed by atoms with Gasteiger partial charge in [-0.05, 0) is 24.6 Å². The van der Waals surface area contributed by atoms with E-state index in [1.54, 1.807) is 24.3 Å². The van der Waals surface area contributed by atoms with E-state index in [1.807, 2.05) is 6.92 Å². The van der Waals surface area contributed by atoms with Gasteiger partial charge in [-0.2, -0.15) is 0 Å². The molecule has 2 amide bonds.